The molecule has 40 heavy (non-hydrogen) atoms. The van der Waals surface area contributed by atoms with Gasteiger partial charge in [-0.15, -0.1) is 0 Å². The van der Waals surface area contributed by atoms with Crippen LogP contribution in [0.4, 0.5) is 0 Å². The Bertz CT molecular complexity index is 1050. The van der Waals surface area contributed by atoms with Gasteiger partial charge in [0.2, 0.25) is 5.91 Å². The van der Waals surface area contributed by atoms with Gasteiger partial charge in [-0.3, -0.25) is 4.79 Å². The number of benzene rings is 2. The highest BCUT2D eigenvalue weighted by molar-refractivity contribution is 5.88. The van der Waals surface area contributed by atoms with Crippen molar-refractivity contribution in [2.45, 2.75) is 89.9 Å². The number of unbranched alkanes of at least 4 members (excludes halogenated alkanes) is 2. The molecule has 2 N–H and O–H groups in total. The van der Waals surface area contributed by atoms with Crippen LogP contribution in [0.1, 0.15) is 77.6 Å². The fourth-order valence-electron chi connectivity index (χ4n) is 5.54. The molecular weight excluding hydrogens is 502 g/mol. The molecule has 220 valence electrons. The Balaban J connectivity index is 1.20. The molecule has 2 aliphatic heterocycles. The average Bonchev–Trinajstić information content (AvgIpc) is 2.99. The normalized spacial score (nSPS) is 20.5. The standard InChI is InChI=1S/C33H49N3O4/c1-27-13-7-9-22-36(27)23-12-21-34-25-28(26-39-31-18-11-16-29-15-5-6-17-30(29)31)14-3-2-4-19-32(37)35-40-33-20-8-10-24-38-33/h5-6,11,14-18,27,33-34H,2-4,7-10,12-13,19-26H2,1H3,(H,35,37). The van der Waals surface area contributed by atoms with Gasteiger partial charge >= 0.3 is 0 Å². The molecule has 7 heteroatoms. The average molecular weight is 552 g/mol. The quantitative estimate of drug-likeness (QED) is 0.148. The molecular formula is C33H49N3O4. The number of amides is 1. The second-order valence-corrected chi connectivity index (χ2v) is 11.2. The fourth-order valence-corrected chi connectivity index (χ4v) is 5.54. The highest BCUT2D eigenvalue weighted by atomic mass is 16.8. The van der Waals surface area contributed by atoms with Gasteiger partial charge in [-0.25, -0.2) is 10.3 Å². The number of allylic oxidation sites excluding steroid dienone is 1. The second kappa shape index (κ2) is 17.4. The molecule has 2 heterocycles. The number of ether oxygens (including phenoxy) is 2. The Kier molecular flexibility index (Phi) is 13.3. The van der Waals surface area contributed by atoms with Gasteiger partial charge in [0.25, 0.3) is 0 Å². The van der Waals surface area contributed by atoms with Crippen LogP contribution in [0, 0.1) is 0 Å². The summed E-state index contributed by atoms with van der Waals surface area (Å²) < 4.78 is 11.8. The zero-order valence-corrected chi connectivity index (χ0v) is 24.4. The van der Waals surface area contributed by atoms with Gasteiger partial charge in [0.1, 0.15) is 12.4 Å². The largest absolute Gasteiger partial charge is 0.489 e. The maximum Gasteiger partial charge on any atom is 0.243 e. The number of nitrogens with one attached hydrogen (secondary N) is 2. The summed E-state index contributed by atoms with van der Waals surface area (Å²) in [5, 5.41) is 5.98. The highest BCUT2D eigenvalue weighted by Gasteiger charge is 2.17. The lowest BCUT2D eigenvalue weighted by molar-refractivity contribution is -0.200. The highest BCUT2D eigenvalue weighted by Crippen LogP contribution is 2.25. The van der Waals surface area contributed by atoms with Crippen LogP contribution in [0.25, 0.3) is 10.8 Å². The summed E-state index contributed by atoms with van der Waals surface area (Å²) in [6, 6.07) is 15.3. The van der Waals surface area contributed by atoms with Crippen molar-refractivity contribution in [1.82, 2.24) is 15.7 Å². The van der Waals surface area contributed by atoms with E-state index in [4.69, 9.17) is 14.3 Å². The van der Waals surface area contributed by atoms with Crippen LogP contribution in [0.2, 0.25) is 0 Å². The van der Waals surface area contributed by atoms with Crippen molar-refractivity contribution in [1.29, 1.82) is 0 Å². The Morgan fingerprint density at radius 3 is 2.80 bits per heavy atom. The van der Waals surface area contributed by atoms with Crippen LogP contribution in [0.15, 0.2) is 54.1 Å². The predicted octanol–water partition coefficient (Wildman–Crippen LogP) is 6.13. The lowest BCUT2D eigenvalue weighted by Crippen LogP contribution is -2.39. The molecule has 2 unspecified atom stereocenters. The molecule has 2 atom stereocenters. The Labute approximate surface area is 240 Å². The summed E-state index contributed by atoms with van der Waals surface area (Å²) in [7, 11) is 0. The summed E-state index contributed by atoms with van der Waals surface area (Å²) in [5.41, 5.74) is 3.81. The molecule has 7 nitrogen and oxygen atoms in total. The third kappa shape index (κ3) is 10.5. The zero-order valence-electron chi connectivity index (χ0n) is 24.4. The summed E-state index contributed by atoms with van der Waals surface area (Å²) >= 11 is 0. The van der Waals surface area contributed by atoms with E-state index in [1.165, 1.54) is 43.3 Å². The van der Waals surface area contributed by atoms with Gasteiger partial charge in [0.15, 0.2) is 6.29 Å². The molecule has 0 bridgehead atoms. The van der Waals surface area contributed by atoms with Crippen molar-refractivity contribution in [3.05, 3.63) is 54.1 Å². The van der Waals surface area contributed by atoms with Gasteiger partial charge in [0.05, 0.1) is 0 Å². The lowest BCUT2D eigenvalue weighted by Gasteiger charge is -2.33. The molecule has 4 rings (SSSR count). The first-order valence-corrected chi connectivity index (χ1v) is 15.5. The number of carbonyl (C=O) groups excluding carboxylic acids is 1. The smallest absolute Gasteiger partial charge is 0.243 e. The molecule has 2 aliphatic rings. The van der Waals surface area contributed by atoms with Gasteiger partial charge in [0, 0.05) is 37.4 Å². The first-order chi connectivity index (χ1) is 19.7. The van der Waals surface area contributed by atoms with Gasteiger partial charge in [-0.2, -0.15) is 0 Å². The molecule has 0 aliphatic carbocycles. The summed E-state index contributed by atoms with van der Waals surface area (Å²) in [6.07, 6.45) is 13.3. The number of rotatable bonds is 16. The molecule has 1 amide bonds. The number of piperidine rings is 1. The van der Waals surface area contributed by atoms with E-state index < -0.39 is 0 Å². The van der Waals surface area contributed by atoms with Crippen molar-refractivity contribution in [2.24, 2.45) is 0 Å². The number of nitrogens with zero attached hydrogens (tertiary/aromatic N) is 1. The summed E-state index contributed by atoms with van der Waals surface area (Å²) in [6.45, 7) is 7.84. The van der Waals surface area contributed by atoms with E-state index in [0.29, 0.717) is 25.7 Å². The minimum atomic E-state index is -0.305. The predicted molar refractivity (Wildman–Crippen MR) is 161 cm³/mol. The van der Waals surface area contributed by atoms with E-state index in [0.717, 1.165) is 69.2 Å². The van der Waals surface area contributed by atoms with Crippen molar-refractivity contribution in [3.8, 4) is 5.75 Å². The van der Waals surface area contributed by atoms with Gasteiger partial charge in [-0.05, 0) is 95.0 Å². The third-order valence-corrected chi connectivity index (χ3v) is 7.99. The molecule has 0 spiro atoms. The maximum absolute atomic E-state index is 12.1. The van der Waals surface area contributed by atoms with E-state index in [9.17, 15) is 4.79 Å². The van der Waals surface area contributed by atoms with Crippen LogP contribution in [0.3, 0.4) is 0 Å². The van der Waals surface area contributed by atoms with E-state index in [1.807, 2.05) is 6.07 Å². The molecule has 2 fully saturated rings. The van der Waals surface area contributed by atoms with E-state index in [2.05, 4.69) is 65.1 Å². The van der Waals surface area contributed by atoms with Crippen LogP contribution in [-0.4, -0.2) is 62.5 Å². The minimum absolute atomic E-state index is 0.0812. The Morgan fingerprint density at radius 1 is 1.05 bits per heavy atom. The van der Waals surface area contributed by atoms with Gasteiger partial charge in [-0.1, -0.05) is 48.9 Å². The number of hydrogen-bond acceptors (Lipinski definition) is 6. The molecule has 2 aromatic carbocycles. The van der Waals surface area contributed by atoms with Crippen LogP contribution < -0.4 is 15.5 Å². The van der Waals surface area contributed by atoms with Crippen LogP contribution >= 0.6 is 0 Å². The second-order valence-electron chi connectivity index (χ2n) is 11.2. The van der Waals surface area contributed by atoms with E-state index >= 15 is 0 Å². The zero-order chi connectivity index (χ0) is 27.8. The molecule has 2 aromatic rings. The number of carbonyl (C=O) groups is 1. The summed E-state index contributed by atoms with van der Waals surface area (Å²) in [4.78, 5) is 20.2. The van der Waals surface area contributed by atoms with Crippen molar-refractivity contribution >= 4 is 16.7 Å². The van der Waals surface area contributed by atoms with E-state index in [1.54, 1.807) is 0 Å². The first kappa shape index (κ1) is 30.5. The molecule has 0 saturated carbocycles. The van der Waals surface area contributed by atoms with Gasteiger partial charge < -0.3 is 19.7 Å². The number of fused-ring (bicyclic) bond motifs is 1. The lowest BCUT2D eigenvalue weighted by atomic mass is 10.0. The van der Waals surface area contributed by atoms with Crippen molar-refractivity contribution in [3.63, 3.8) is 0 Å². The minimum Gasteiger partial charge on any atom is -0.489 e. The van der Waals surface area contributed by atoms with E-state index in [-0.39, 0.29) is 12.2 Å². The molecule has 2 saturated heterocycles. The number of hydroxylamine groups is 1. The van der Waals surface area contributed by atoms with Crippen LogP contribution in [0.5, 0.6) is 5.75 Å². The van der Waals surface area contributed by atoms with Crippen molar-refractivity contribution in [2.75, 3.05) is 39.4 Å². The molecule has 0 aromatic heterocycles. The van der Waals surface area contributed by atoms with Crippen LogP contribution in [-0.2, 0) is 14.4 Å². The monoisotopic (exact) mass is 551 g/mol. The SMILES string of the molecule is CC1CCCCN1CCCNCC(=CCCCCC(=O)NOC1CCCCO1)COc1cccc2ccccc12. The number of hydrogen-bond donors (Lipinski definition) is 2. The maximum atomic E-state index is 12.1. The topological polar surface area (TPSA) is 72.1 Å². The number of likely N-dealkylation sites (tertiary alicyclic amines) is 1. The first-order valence-electron chi connectivity index (χ1n) is 15.5. The molecule has 0 radical (unpaired) electrons. The third-order valence-electron chi connectivity index (χ3n) is 7.99. The fraction of sp³-hybridized carbons (Fsp3) is 0.606. The Hall–Kier alpha value is -2.45. The van der Waals surface area contributed by atoms with Crippen molar-refractivity contribution < 1.29 is 19.1 Å². The summed E-state index contributed by atoms with van der Waals surface area (Å²) in [5.74, 6) is 0.837. The Morgan fingerprint density at radius 2 is 1.93 bits per heavy atom.